The summed E-state index contributed by atoms with van der Waals surface area (Å²) in [7, 11) is 1.89. The molecule has 2 aromatic carbocycles. The third kappa shape index (κ3) is 3.85. The van der Waals surface area contributed by atoms with Gasteiger partial charge in [0.1, 0.15) is 5.75 Å². The zero-order valence-electron chi connectivity index (χ0n) is 18.4. The number of nitrogens with zero attached hydrogens (tertiary/aromatic N) is 4. The first-order valence-corrected chi connectivity index (χ1v) is 10.6. The van der Waals surface area contributed by atoms with Crippen LogP contribution < -0.4 is 15.0 Å². The van der Waals surface area contributed by atoms with E-state index in [1.165, 1.54) is 16.7 Å². The standard InChI is InChI=1S/C25H20F2N4O3/c1-3-33-22-11-5-16-12-19(15-4-10-20-21(13-15)30(2)14-28-20)24(32)31(23(16)29-22)17-6-8-18(9-7-17)34-25(26)27/h4-14,25H,3H2,1-2H3. The van der Waals surface area contributed by atoms with Crippen LogP contribution in [0.5, 0.6) is 11.6 Å². The van der Waals surface area contributed by atoms with E-state index in [0.29, 0.717) is 29.4 Å². The summed E-state index contributed by atoms with van der Waals surface area (Å²) in [5, 5.41) is 0.719. The van der Waals surface area contributed by atoms with Gasteiger partial charge in [-0.05, 0) is 61.0 Å². The molecule has 0 amide bonds. The number of alkyl halides is 2. The molecule has 9 heteroatoms. The van der Waals surface area contributed by atoms with Crippen LogP contribution in [-0.4, -0.2) is 32.3 Å². The normalized spacial score (nSPS) is 11.4. The quantitative estimate of drug-likeness (QED) is 0.358. The fourth-order valence-corrected chi connectivity index (χ4v) is 3.91. The monoisotopic (exact) mass is 462 g/mol. The number of fused-ring (bicyclic) bond motifs is 2. The minimum absolute atomic E-state index is 0.00289. The minimum atomic E-state index is -2.94. The predicted molar refractivity (Wildman–Crippen MR) is 125 cm³/mol. The predicted octanol–water partition coefficient (Wildman–Crippen LogP) is 4.94. The van der Waals surface area contributed by atoms with Crippen molar-refractivity contribution in [2.45, 2.75) is 13.5 Å². The molecule has 3 aromatic heterocycles. The van der Waals surface area contributed by atoms with Crippen LogP contribution in [0.2, 0.25) is 0 Å². The topological polar surface area (TPSA) is 71.2 Å². The maximum Gasteiger partial charge on any atom is 0.387 e. The Bertz CT molecular complexity index is 1560. The Kier molecular flexibility index (Phi) is 5.45. The Morgan fingerprint density at radius 1 is 1.03 bits per heavy atom. The van der Waals surface area contributed by atoms with E-state index >= 15 is 0 Å². The van der Waals surface area contributed by atoms with E-state index in [-0.39, 0.29) is 11.3 Å². The maximum absolute atomic E-state index is 13.8. The first-order valence-electron chi connectivity index (χ1n) is 10.6. The van der Waals surface area contributed by atoms with Gasteiger partial charge in [0.05, 0.1) is 29.7 Å². The summed E-state index contributed by atoms with van der Waals surface area (Å²) in [5.41, 5.74) is 3.45. The minimum Gasteiger partial charge on any atom is -0.478 e. The Balaban J connectivity index is 1.75. The van der Waals surface area contributed by atoms with Crippen molar-refractivity contribution in [3.63, 3.8) is 0 Å². The number of imidazole rings is 1. The number of aromatic nitrogens is 4. The molecule has 0 saturated heterocycles. The summed E-state index contributed by atoms with van der Waals surface area (Å²) in [6, 6.07) is 16.9. The molecular weight excluding hydrogens is 442 g/mol. The molecule has 0 saturated carbocycles. The van der Waals surface area contributed by atoms with Gasteiger partial charge in [0.2, 0.25) is 5.88 Å². The fraction of sp³-hybridized carbons (Fsp3) is 0.160. The molecule has 0 radical (unpaired) electrons. The summed E-state index contributed by atoms with van der Waals surface area (Å²) in [5.74, 6) is 0.377. The fourth-order valence-electron chi connectivity index (χ4n) is 3.91. The maximum atomic E-state index is 13.8. The second-order valence-corrected chi connectivity index (χ2v) is 7.63. The number of pyridine rings is 2. The molecule has 172 valence electrons. The van der Waals surface area contributed by atoms with Gasteiger partial charge in [-0.15, -0.1) is 0 Å². The third-order valence-corrected chi connectivity index (χ3v) is 5.47. The van der Waals surface area contributed by atoms with Crippen molar-refractivity contribution in [1.82, 2.24) is 19.1 Å². The lowest BCUT2D eigenvalue weighted by Gasteiger charge is -2.14. The van der Waals surface area contributed by atoms with Crippen molar-refractivity contribution in [1.29, 1.82) is 0 Å². The van der Waals surface area contributed by atoms with Gasteiger partial charge in [0.25, 0.3) is 5.56 Å². The van der Waals surface area contributed by atoms with E-state index in [1.54, 1.807) is 30.6 Å². The molecule has 0 bridgehead atoms. The van der Waals surface area contributed by atoms with Crippen molar-refractivity contribution in [2.24, 2.45) is 7.05 Å². The van der Waals surface area contributed by atoms with Gasteiger partial charge in [-0.1, -0.05) is 6.07 Å². The molecule has 0 aliphatic heterocycles. The van der Waals surface area contributed by atoms with Crippen molar-refractivity contribution < 1.29 is 18.3 Å². The SMILES string of the molecule is CCOc1ccc2cc(-c3ccc4ncn(C)c4c3)c(=O)n(-c3ccc(OC(F)F)cc3)c2n1. The third-order valence-electron chi connectivity index (χ3n) is 5.47. The zero-order valence-corrected chi connectivity index (χ0v) is 18.4. The number of halogens is 2. The Hall–Kier alpha value is -4.27. The number of aryl methyl sites for hydroxylation is 1. The number of ether oxygens (including phenoxy) is 2. The summed E-state index contributed by atoms with van der Waals surface area (Å²) < 4.78 is 38.5. The Labute approximate surface area is 192 Å². The van der Waals surface area contributed by atoms with Crippen LogP contribution in [0, 0.1) is 0 Å². The smallest absolute Gasteiger partial charge is 0.387 e. The highest BCUT2D eigenvalue weighted by molar-refractivity contribution is 5.87. The highest BCUT2D eigenvalue weighted by Crippen LogP contribution is 2.27. The van der Waals surface area contributed by atoms with Gasteiger partial charge in [0.15, 0.2) is 5.65 Å². The van der Waals surface area contributed by atoms with Crippen LogP contribution in [-0.2, 0) is 7.05 Å². The lowest BCUT2D eigenvalue weighted by atomic mass is 10.0. The van der Waals surface area contributed by atoms with E-state index in [9.17, 15) is 13.6 Å². The van der Waals surface area contributed by atoms with E-state index in [1.807, 2.05) is 42.8 Å². The Morgan fingerprint density at radius 2 is 1.82 bits per heavy atom. The molecule has 0 fully saturated rings. The summed E-state index contributed by atoms with van der Waals surface area (Å²) in [6.07, 6.45) is 1.72. The van der Waals surface area contributed by atoms with Gasteiger partial charge in [-0.25, -0.2) is 4.98 Å². The van der Waals surface area contributed by atoms with E-state index in [2.05, 4.69) is 14.7 Å². The second kappa shape index (κ2) is 8.58. The molecule has 34 heavy (non-hydrogen) atoms. The molecule has 0 unspecified atom stereocenters. The van der Waals surface area contributed by atoms with Gasteiger partial charge in [-0.2, -0.15) is 13.8 Å². The lowest BCUT2D eigenvalue weighted by molar-refractivity contribution is -0.0498. The van der Waals surface area contributed by atoms with E-state index < -0.39 is 6.61 Å². The van der Waals surface area contributed by atoms with Crippen LogP contribution in [0.1, 0.15) is 6.92 Å². The van der Waals surface area contributed by atoms with Crippen LogP contribution >= 0.6 is 0 Å². The second-order valence-electron chi connectivity index (χ2n) is 7.63. The van der Waals surface area contributed by atoms with Crippen LogP contribution in [0.25, 0.3) is 38.9 Å². The number of hydrogen-bond acceptors (Lipinski definition) is 5. The van der Waals surface area contributed by atoms with Gasteiger partial charge < -0.3 is 14.0 Å². The molecular formula is C25H20F2N4O3. The van der Waals surface area contributed by atoms with Gasteiger partial charge >= 0.3 is 6.61 Å². The highest BCUT2D eigenvalue weighted by atomic mass is 19.3. The van der Waals surface area contributed by atoms with Crippen molar-refractivity contribution >= 4 is 22.1 Å². The number of rotatable bonds is 6. The molecule has 5 rings (SSSR count). The average Bonchev–Trinajstić information content (AvgIpc) is 3.19. The molecule has 5 aromatic rings. The molecule has 0 spiro atoms. The largest absolute Gasteiger partial charge is 0.478 e. The van der Waals surface area contributed by atoms with Gasteiger partial charge in [-0.3, -0.25) is 9.36 Å². The molecule has 7 nitrogen and oxygen atoms in total. The zero-order chi connectivity index (χ0) is 23.8. The molecule has 0 atom stereocenters. The van der Waals surface area contributed by atoms with Crippen LogP contribution in [0.15, 0.2) is 71.8 Å². The molecule has 0 aliphatic carbocycles. The molecule has 0 aliphatic rings. The summed E-state index contributed by atoms with van der Waals surface area (Å²) >= 11 is 0. The summed E-state index contributed by atoms with van der Waals surface area (Å²) in [6.45, 7) is -0.668. The molecule has 0 N–H and O–H groups in total. The summed E-state index contributed by atoms with van der Waals surface area (Å²) in [4.78, 5) is 22.7. The van der Waals surface area contributed by atoms with Crippen molar-refractivity contribution in [3.05, 3.63) is 77.3 Å². The lowest BCUT2D eigenvalue weighted by Crippen LogP contribution is -2.21. The average molecular weight is 462 g/mol. The Morgan fingerprint density at radius 3 is 2.56 bits per heavy atom. The van der Waals surface area contributed by atoms with Crippen LogP contribution in [0.4, 0.5) is 8.78 Å². The van der Waals surface area contributed by atoms with Gasteiger partial charge in [0, 0.05) is 24.1 Å². The first kappa shape index (κ1) is 21.6. The van der Waals surface area contributed by atoms with E-state index in [0.717, 1.165) is 22.0 Å². The van der Waals surface area contributed by atoms with E-state index in [4.69, 9.17) is 4.74 Å². The van der Waals surface area contributed by atoms with Crippen LogP contribution in [0.3, 0.4) is 0 Å². The highest BCUT2D eigenvalue weighted by Gasteiger charge is 2.16. The first-order chi connectivity index (χ1) is 16.4. The molecule has 3 heterocycles. The number of hydrogen-bond donors (Lipinski definition) is 0. The van der Waals surface area contributed by atoms with Crippen molar-refractivity contribution in [3.8, 4) is 28.4 Å². The number of benzene rings is 2. The van der Waals surface area contributed by atoms with Crippen molar-refractivity contribution in [2.75, 3.05) is 6.61 Å².